The van der Waals surface area contributed by atoms with Crippen LogP contribution >= 0.6 is 0 Å². The van der Waals surface area contributed by atoms with Crippen LogP contribution in [-0.2, 0) is 15.0 Å². The molecule has 6 nitrogen and oxygen atoms in total. The normalized spacial score (nSPS) is 21.5. The van der Waals surface area contributed by atoms with Crippen molar-refractivity contribution in [3.05, 3.63) is 65.0 Å². The molecule has 1 atom stereocenters. The fraction of sp³-hybridized carbons (Fsp3) is 0.444. The third-order valence-corrected chi connectivity index (χ3v) is 6.75. The topological polar surface area (TPSA) is 79.7 Å². The molecule has 1 aromatic heterocycles. The smallest absolute Gasteiger partial charge is 0.295 e. The molecule has 1 saturated carbocycles. The Hall–Kier alpha value is -3.15. The summed E-state index contributed by atoms with van der Waals surface area (Å²) in [6, 6.07) is 8.37. The van der Waals surface area contributed by atoms with Gasteiger partial charge in [-0.2, -0.15) is 0 Å². The molecule has 1 aromatic carbocycles. The predicted molar refractivity (Wildman–Crippen MR) is 127 cm³/mol. The van der Waals surface area contributed by atoms with E-state index < -0.39 is 17.7 Å². The minimum atomic E-state index is -0.631. The number of rotatable bonds is 4. The number of hydrogen-bond donors (Lipinski definition) is 1. The molecule has 1 saturated heterocycles. The number of aliphatic hydroxyl groups excluding tert-OH is 1. The summed E-state index contributed by atoms with van der Waals surface area (Å²) in [5.41, 5.74) is 2.10. The third kappa shape index (κ3) is 4.26. The molecule has 1 aliphatic carbocycles. The number of likely N-dealkylation sites (tertiary alicyclic amines) is 1. The van der Waals surface area contributed by atoms with E-state index in [1.807, 2.05) is 18.2 Å². The first-order valence-corrected chi connectivity index (χ1v) is 11.6. The summed E-state index contributed by atoms with van der Waals surface area (Å²) in [6.45, 7) is 6.19. The maximum Gasteiger partial charge on any atom is 0.295 e. The van der Waals surface area contributed by atoms with Gasteiger partial charge in [-0.05, 0) is 54.2 Å². The van der Waals surface area contributed by atoms with Crippen LogP contribution in [0.5, 0.6) is 5.75 Å². The van der Waals surface area contributed by atoms with Crippen molar-refractivity contribution < 1.29 is 19.4 Å². The van der Waals surface area contributed by atoms with E-state index in [9.17, 15) is 14.7 Å². The molecule has 1 unspecified atom stereocenters. The molecule has 2 heterocycles. The largest absolute Gasteiger partial charge is 0.507 e. The zero-order valence-corrected chi connectivity index (χ0v) is 19.8. The Kier molecular flexibility index (Phi) is 6.28. The predicted octanol–water partition coefficient (Wildman–Crippen LogP) is 5.14. The van der Waals surface area contributed by atoms with Gasteiger partial charge < -0.3 is 14.7 Å². The van der Waals surface area contributed by atoms with E-state index in [-0.39, 0.29) is 22.8 Å². The fourth-order valence-corrected chi connectivity index (χ4v) is 5.06. The quantitative estimate of drug-likeness (QED) is 0.398. The van der Waals surface area contributed by atoms with Gasteiger partial charge in [0.05, 0.1) is 18.7 Å². The van der Waals surface area contributed by atoms with E-state index in [2.05, 4.69) is 25.8 Å². The number of aromatic nitrogens is 1. The number of ether oxygens (including phenoxy) is 1. The molecular weight excluding hydrogens is 416 g/mol. The lowest BCUT2D eigenvalue weighted by atomic mass is 9.84. The van der Waals surface area contributed by atoms with Gasteiger partial charge in [-0.1, -0.05) is 40.0 Å². The second-order valence-electron chi connectivity index (χ2n) is 9.94. The molecule has 2 aliphatic rings. The lowest BCUT2D eigenvalue weighted by Gasteiger charge is -2.35. The van der Waals surface area contributed by atoms with E-state index in [4.69, 9.17) is 4.74 Å². The molecule has 1 amide bonds. The first kappa shape index (κ1) is 23.0. The number of Topliss-reactive ketones (excluding diaryl/α,β-unsaturated/α-hetero) is 1. The highest BCUT2D eigenvalue weighted by molar-refractivity contribution is 6.46. The van der Waals surface area contributed by atoms with E-state index in [0.29, 0.717) is 11.3 Å². The Morgan fingerprint density at radius 2 is 1.73 bits per heavy atom. The molecule has 2 fully saturated rings. The second kappa shape index (κ2) is 9.00. The molecule has 0 spiro atoms. The standard InChI is InChI=1S/C27H32N2O4/c1-27(2,3)20-16-18(10-11-21(20)33-4)24(30)22-23(17-12-14-28-15-13-17)29(26(32)25(22)31)19-8-6-5-7-9-19/h10-16,19,23,30H,5-9H2,1-4H3/b24-22-. The molecule has 174 valence electrons. The average Bonchev–Trinajstić information content (AvgIpc) is 3.09. The Morgan fingerprint density at radius 3 is 2.33 bits per heavy atom. The molecule has 1 N–H and O–H groups in total. The molecule has 2 aromatic rings. The minimum absolute atomic E-state index is 0.0142. The van der Waals surface area contributed by atoms with E-state index in [1.54, 1.807) is 36.5 Å². The maximum atomic E-state index is 13.3. The van der Waals surface area contributed by atoms with Crippen molar-refractivity contribution in [3.63, 3.8) is 0 Å². The Labute approximate surface area is 195 Å². The van der Waals surface area contributed by atoms with Gasteiger partial charge in [-0.15, -0.1) is 0 Å². The summed E-state index contributed by atoms with van der Waals surface area (Å²) in [6.07, 6.45) is 8.25. The van der Waals surface area contributed by atoms with Crippen LogP contribution in [0.3, 0.4) is 0 Å². The highest BCUT2D eigenvalue weighted by Crippen LogP contribution is 2.43. The van der Waals surface area contributed by atoms with Crippen molar-refractivity contribution in [2.75, 3.05) is 7.11 Å². The summed E-state index contributed by atoms with van der Waals surface area (Å²) >= 11 is 0. The Morgan fingerprint density at radius 1 is 1.06 bits per heavy atom. The third-order valence-electron chi connectivity index (χ3n) is 6.75. The molecular formula is C27H32N2O4. The Balaban J connectivity index is 1.88. The number of ketones is 1. The van der Waals surface area contributed by atoms with Gasteiger partial charge in [-0.25, -0.2) is 0 Å². The number of methoxy groups -OCH3 is 1. The van der Waals surface area contributed by atoms with Gasteiger partial charge >= 0.3 is 0 Å². The zero-order chi connectivity index (χ0) is 23.8. The summed E-state index contributed by atoms with van der Waals surface area (Å²) in [5, 5.41) is 11.4. The Bertz CT molecular complexity index is 1080. The van der Waals surface area contributed by atoms with Crippen LogP contribution in [0.15, 0.2) is 48.3 Å². The van der Waals surface area contributed by atoms with Gasteiger partial charge in [0.1, 0.15) is 11.5 Å². The zero-order valence-electron chi connectivity index (χ0n) is 19.8. The number of hydrogen-bond acceptors (Lipinski definition) is 5. The molecule has 0 bridgehead atoms. The van der Waals surface area contributed by atoms with Crippen molar-refractivity contribution in [2.45, 2.75) is 70.4 Å². The van der Waals surface area contributed by atoms with Crippen molar-refractivity contribution in [1.29, 1.82) is 0 Å². The van der Waals surface area contributed by atoms with Crippen LogP contribution in [0, 0.1) is 0 Å². The van der Waals surface area contributed by atoms with Crippen molar-refractivity contribution in [3.8, 4) is 5.75 Å². The number of carbonyl (C=O) groups is 2. The number of pyridine rings is 1. The van der Waals surface area contributed by atoms with Crippen molar-refractivity contribution >= 4 is 17.4 Å². The van der Waals surface area contributed by atoms with E-state index >= 15 is 0 Å². The summed E-state index contributed by atoms with van der Waals surface area (Å²) < 4.78 is 5.52. The van der Waals surface area contributed by atoms with Crippen LogP contribution in [-0.4, -0.2) is 39.8 Å². The van der Waals surface area contributed by atoms with Gasteiger partial charge in [-0.3, -0.25) is 14.6 Å². The second-order valence-corrected chi connectivity index (χ2v) is 9.94. The molecule has 0 radical (unpaired) electrons. The van der Waals surface area contributed by atoms with Gasteiger partial charge in [0.25, 0.3) is 11.7 Å². The van der Waals surface area contributed by atoms with Crippen LogP contribution in [0.4, 0.5) is 0 Å². The highest BCUT2D eigenvalue weighted by atomic mass is 16.5. The van der Waals surface area contributed by atoms with Gasteiger partial charge in [0, 0.05) is 29.6 Å². The first-order chi connectivity index (χ1) is 15.7. The van der Waals surface area contributed by atoms with Gasteiger partial charge in [0.15, 0.2) is 0 Å². The number of carbonyl (C=O) groups excluding carboxylic acids is 2. The first-order valence-electron chi connectivity index (χ1n) is 11.6. The molecule has 4 rings (SSSR count). The van der Waals surface area contributed by atoms with Crippen LogP contribution in [0.1, 0.15) is 75.6 Å². The minimum Gasteiger partial charge on any atom is -0.507 e. The SMILES string of the molecule is COc1ccc(/C(O)=C2/C(=O)C(=O)N(C3CCCCC3)C2c2ccncc2)cc1C(C)(C)C. The highest BCUT2D eigenvalue weighted by Gasteiger charge is 2.48. The van der Waals surface area contributed by atoms with Crippen LogP contribution in [0.25, 0.3) is 5.76 Å². The average molecular weight is 449 g/mol. The number of benzene rings is 1. The van der Waals surface area contributed by atoms with Crippen molar-refractivity contribution in [2.24, 2.45) is 0 Å². The summed E-state index contributed by atoms with van der Waals surface area (Å²) in [4.78, 5) is 32.4. The van der Waals surface area contributed by atoms with Crippen LogP contribution in [0.2, 0.25) is 0 Å². The van der Waals surface area contributed by atoms with E-state index in [0.717, 1.165) is 43.2 Å². The van der Waals surface area contributed by atoms with Crippen molar-refractivity contribution in [1.82, 2.24) is 9.88 Å². The summed E-state index contributed by atoms with van der Waals surface area (Å²) in [7, 11) is 1.61. The lowest BCUT2D eigenvalue weighted by Crippen LogP contribution is -2.40. The number of aliphatic hydroxyl groups is 1. The van der Waals surface area contributed by atoms with Crippen LogP contribution < -0.4 is 4.74 Å². The van der Waals surface area contributed by atoms with E-state index in [1.165, 1.54) is 0 Å². The van der Waals surface area contributed by atoms with Gasteiger partial charge in [0.2, 0.25) is 0 Å². The fourth-order valence-electron chi connectivity index (χ4n) is 5.06. The summed E-state index contributed by atoms with van der Waals surface area (Å²) in [5.74, 6) is -0.600. The molecule has 6 heteroatoms. The number of amides is 1. The molecule has 33 heavy (non-hydrogen) atoms. The molecule has 1 aliphatic heterocycles. The maximum absolute atomic E-state index is 13.3. The number of nitrogens with zero attached hydrogens (tertiary/aromatic N) is 2. The monoisotopic (exact) mass is 448 g/mol. The lowest BCUT2D eigenvalue weighted by molar-refractivity contribution is -0.141.